The number of hydrogen-bond acceptors (Lipinski definition) is 1. The molecule has 1 aliphatic rings. The van der Waals surface area contributed by atoms with Crippen molar-refractivity contribution in [3.63, 3.8) is 0 Å². The van der Waals surface area contributed by atoms with Crippen LogP contribution in [0.15, 0.2) is 30.3 Å². The highest BCUT2D eigenvalue weighted by molar-refractivity contribution is 5.23. The van der Waals surface area contributed by atoms with Crippen LogP contribution in [0.5, 0.6) is 0 Å². The van der Waals surface area contributed by atoms with E-state index in [1.165, 1.54) is 31.2 Å². The zero-order valence-corrected chi connectivity index (χ0v) is 14.5. The van der Waals surface area contributed by atoms with E-state index in [9.17, 15) is 0 Å². The summed E-state index contributed by atoms with van der Waals surface area (Å²) in [7, 11) is 0. The first kappa shape index (κ1) is 16.5. The second-order valence-corrected chi connectivity index (χ2v) is 7.73. The summed E-state index contributed by atoms with van der Waals surface area (Å²) in [6.45, 7) is 11.9. The molecule has 1 saturated carbocycles. The fourth-order valence-corrected chi connectivity index (χ4v) is 4.26. The van der Waals surface area contributed by atoms with E-state index >= 15 is 0 Å². The normalized spacial score (nSPS) is 27.8. The third-order valence-corrected chi connectivity index (χ3v) is 5.62. The van der Waals surface area contributed by atoms with E-state index in [1.54, 1.807) is 0 Å². The van der Waals surface area contributed by atoms with Gasteiger partial charge in [-0.15, -0.1) is 0 Å². The molecule has 0 heterocycles. The minimum absolute atomic E-state index is 0.236. The molecule has 1 aromatic rings. The van der Waals surface area contributed by atoms with Crippen molar-refractivity contribution in [2.24, 2.45) is 11.8 Å². The van der Waals surface area contributed by atoms with Gasteiger partial charge < -0.3 is 5.32 Å². The first-order valence-electron chi connectivity index (χ1n) is 8.75. The fraction of sp³-hybridized carbons (Fsp3) is 0.700. The minimum atomic E-state index is 0.236. The molecule has 2 rings (SSSR count). The van der Waals surface area contributed by atoms with Gasteiger partial charge in [0.2, 0.25) is 0 Å². The predicted octanol–water partition coefficient (Wildman–Crippen LogP) is 5.16. The van der Waals surface area contributed by atoms with Crippen molar-refractivity contribution in [1.29, 1.82) is 0 Å². The summed E-state index contributed by atoms with van der Waals surface area (Å²) in [5.41, 5.74) is 1.68. The summed E-state index contributed by atoms with van der Waals surface area (Å²) < 4.78 is 0. The maximum Gasteiger partial charge on any atom is 0.00979 e. The quantitative estimate of drug-likeness (QED) is 0.762. The Balaban J connectivity index is 1.91. The van der Waals surface area contributed by atoms with Gasteiger partial charge in [0.15, 0.2) is 0 Å². The molecule has 1 fully saturated rings. The first-order valence-corrected chi connectivity index (χ1v) is 8.75. The standard InChI is InChI=1S/C20H33N/c1-6-17-12-13-19(16(17)3)21-15(2)14-20(4,5)18-10-8-7-9-11-18/h7-11,15-17,19,21H,6,12-14H2,1-5H3. The molecule has 0 amide bonds. The first-order chi connectivity index (χ1) is 9.94. The lowest BCUT2D eigenvalue weighted by Gasteiger charge is -2.32. The minimum Gasteiger partial charge on any atom is -0.311 e. The Kier molecular flexibility index (Phi) is 5.48. The van der Waals surface area contributed by atoms with Crippen LogP contribution in [0.2, 0.25) is 0 Å². The maximum atomic E-state index is 3.92. The summed E-state index contributed by atoms with van der Waals surface area (Å²) in [6.07, 6.45) is 5.29. The van der Waals surface area contributed by atoms with Crippen LogP contribution < -0.4 is 5.32 Å². The lowest BCUT2D eigenvalue weighted by molar-refractivity contribution is 0.298. The van der Waals surface area contributed by atoms with Gasteiger partial charge in [-0.25, -0.2) is 0 Å². The molecule has 4 unspecified atom stereocenters. The molecule has 0 aromatic heterocycles. The van der Waals surface area contributed by atoms with Crippen molar-refractivity contribution in [2.75, 3.05) is 0 Å². The molecule has 1 aliphatic carbocycles. The molecular formula is C20H33N. The Labute approximate surface area is 131 Å². The SMILES string of the molecule is CCC1CCC(NC(C)CC(C)(C)c2ccccc2)C1C. The average molecular weight is 287 g/mol. The van der Waals surface area contributed by atoms with E-state index in [0.717, 1.165) is 17.9 Å². The van der Waals surface area contributed by atoms with Crippen molar-refractivity contribution >= 4 is 0 Å². The third kappa shape index (κ3) is 4.10. The molecule has 0 saturated heterocycles. The van der Waals surface area contributed by atoms with Crippen molar-refractivity contribution in [3.05, 3.63) is 35.9 Å². The summed E-state index contributed by atoms with van der Waals surface area (Å²) >= 11 is 0. The highest BCUT2D eigenvalue weighted by atomic mass is 15.0. The molecule has 21 heavy (non-hydrogen) atoms. The van der Waals surface area contributed by atoms with Gasteiger partial charge in [0.1, 0.15) is 0 Å². The molecule has 0 bridgehead atoms. The molecule has 118 valence electrons. The number of nitrogens with one attached hydrogen (secondary N) is 1. The van der Waals surface area contributed by atoms with Gasteiger partial charge in [-0.2, -0.15) is 0 Å². The van der Waals surface area contributed by atoms with Crippen molar-refractivity contribution in [2.45, 2.75) is 77.8 Å². The van der Waals surface area contributed by atoms with Crippen LogP contribution in [0.25, 0.3) is 0 Å². The number of benzene rings is 1. The Morgan fingerprint density at radius 3 is 2.43 bits per heavy atom. The zero-order chi connectivity index (χ0) is 15.5. The summed E-state index contributed by atoms with van der Waals surface area (Å²) in [5, 5.41) is 3.92. The van der Waals surface area contributed by atoms with Crippen LogP contribution in [-0.2, 0) is 5.41 Å². The Morgan fingerprint density at radius 2 is 1.86 bits per heavy atom. The van der Waals surface area contributed by atoms with Crippen LogP contribution in [0.4, 0.5) is 0 Å². The van der Waals surface area contributed by atoms with Gasteiger partial charge in [0, 0.05) is 12.1 Å². The molecule has 0 radical (unpaired) electrons. The van der Waals surface area contributed by atoms with Gasteiger partial charge in [-0.05, 0) is 49.0 Å². The molecule has 0 aliphatic heterocycles. The fourth-order valence-electron chi connectivity index (χ4n) is 4.26. The number of rotatable bonds is 6. The highest BCUT2D eigenvalue weighted by Crippen LogP contribution is 2.35. The zero-order valence-electron chi connectivity index (χ0n) is 14.5. The highest BCUT2D eigenvalue weighted by Gasteiger charge is 2.33. The van der Waals surface area contributed by atoms with Crippen LogP contribution in [0.3, 0.4) is 0 Å². The van der Waals surface area contributed by atoms with Crippen molar-refractivity contribution in [1.82, 2.24) is 5.32 Å². The smallest absolute Gasteiger partial charge is 0.00979 e. The van der Waals surface area contributed by atoms with Gasteiger partial charge >= 0.3 is 0 Å². The lowest BCUT2D eigenvalue weighted by Crippen LogP contribution is -2.41. The maximum absolute atomic E-state index is 3.92. The monoisotopic (exact) mass is 287 g/mol. The van der Waals surface area contributed by atoms with E-state index < -0.39 is 0 Å². The van der Waals surface area contributed by atoms with Gasteiger partial charge in [0.25, 0.3) is 0 Å². The van der Waals surface area contributed by atoms with Crippen molar-refractivity contribution in [3.8, 4) is 0 Å². The number of hydrogen-bond donors (Lipinski definition) is 1. The average Bonchev–Trinajstić information content (AvgIpc) is 2.80. The molecule has 1 nitrogen and oxygen atoms in total. The van der Waals surface area contributed by atoms with Crippen LogP contribution >= 0.6 is 0 Å². The Hall–Kier alpha value is -0.820. The van der Waals surface area contributed by atoms with Crippen molar-refractivity contribution < 1.29 is 0 Å². The van der Waals surface area contributed by atoms with Crippen LogP contribution in [0, 0.1) is 11.8 Å². The largest absolute Gasteiger partial charge is 0.311 e. The summed E-state index contributed by atoms with van der Waals surface area (Å²) in [6, 6.07) is 12.2. The molecular weight excluding hydrogens is 254 g/mol. The lowest BCUT2D eigenvalue weighted by atomic mass is 9.79. The van der Waals surface area contributed by atoms with Gasteiger partial charge in [-0.1, -0.05) is 64.4 Å². The molecule has 1 N–H and O–H groups in total. The third-order valence-electron chi connectivity index (χ3n) is 5.62. The van der Waals surface area contributed by atoms with Crippen LogP contribution in [0.1, 0.15) is 65.9 Å². The van der Waals surface area contributed by atoms with Crippen LogP contribution in [-0.4, -0.2) is 12.1 Å². The van der Waals surface area contributed by atoms with Gasteiger partial charge in [-0.3, -0.25) is 0 Å². The predicted molar refractivity (Wildman–Crippen MR) is 92.6 cm³/mol. The van der Waals surface area contributed by atoms with E-state index in [0.29, 0.717) is 6.04 Å². The van der Waals surface area contributed by atoms with Gasteiger partial charge in [0.05, 0.1) is 0 Å². The Morgan fingerprint density at radius 1 is 1.19 bits per heavy atom. The molecule has 0 spiro atoms. The molecule has 4 atom stereocenters. The summed E-state index contributed by atoms with van der Waals surface area (Å²) in [4.78, 5) is 0. The van der Waals surface area contributed by atoms with E-state index in [1.807, 2.05) is 0 Å². The summed E-state index contributed by atoms with van der Waals surface area (Å²) in [5.74, 6) is 1.76. The van der Waals surface area contributed by atoms with E-state index in [-0.39, 0.29) is 5.41 Å². The second kappa shape index (κ2) is 6.96. The second-order valence-electron chi connectivity index (χ2n) is 7.73. The molecule has 1 aromatic carbocycles. The molecule has 1 heteroatoms. The van der Waals surface area contributed by atoms with E-state index in [2.05, 4.69) is 70.3 Å². The van der Waals surface area contributed by atoms with E-state index in [4.69, 9.17) is 0 Å². The topological polar surface area (TPSA) is 12.0 Å². The Bertz CT molecular complexity index is 423.